The zero-order valence-electron chi connectivity index (χ0n) is 15.0. The summed E-state index contributed by atoms with van der Waals surface area (Å²) in [6.07, 6.45) is -4.60. The molecule has 1 aromatic heterocycles. The molecule has 27 heavy (non-hydrogen) atoms. The molecule has 148 valence electrons. The molecule has 1 N–H and O–H groups in total. The highest BCUT2D eigenvalue weighted by atomic mass is 35.5. The maximum absolute atomic E-state index is 13.3. The van der Waals surface area contributed by atoms with Crippen LogP contribution in [0.4, 0.5) is 13.2 Å². The monoisotopic (exact) mass is 404 g/mol. The van der Waals surface area contributed by atoms with Crippen LogP contribution in [0.3, 0.4) is 0 Å². The minimum Gasteiger partial charge on any atom is -0.339 e. The van der Waals surface area contributed by atoms with Gasteiger partial charge in [-0.05, 0) is 26.1 Å². The molecule has 2 rings (SSSR count). The highest BCUT2D eigenvalue weighted by molar-refractivity contribution is 5.91. The Labute approximate surface area is 160 Å². The first-order valence-electron chi connectivity index (χ1n) is 7.84. The highest BCUT2D eigenvalue weighted by Crippen LogP contribution is 2.33. The van der Waals surface area contributed by atoms with Crippen molar-refractivity contribution in [2.24, 2.45) is 0 Å². The molecule has 0 aliphatic carbocycles. The molecule has 0 unspecified atom stereocenters. The number of aromatic nitrogens is 2. The third-order valence-corrected chi connectivity index (χ3v) is 3.79. The molecule has 1 amide bonds. The van der Waals surface area contributed by atoms with Crippen molar-refractivity contribution in [3.63, 3.8) is 0 Å². The molecule has 0 atom stereocenters. The van der Waals surface area contributed by atoms with Crippen LogP contribution in [0.2, 0.25) is 0 Å². The van der Waals surface area contributed by atoms with E-state index in [4.69, 9.17) is 0 Å². The Hall–Kier alpha value is -2.39. The lowest BCUT2D eigenvalue weighted by molar-refractivity contribution is -0.137. The van der Waals surface area contributed by atoms with Gasteiger partial charge in [-0.2, -0.15) is 18.3 Å². The molecule has 0 spiro atoms. The molecule has 0 fully saturated rings. The summed E-state index contributed by atoms with van der Waals surface area (Å²) >= 11 is 0. The quantitative estimate of drug-likeness (QED) is 0.830. The summed E-state index contributed by atoms with van der Waals surface area (Å²) in [5.41, 5.74) is -2.01. The number of carbonyl (C=O) groups excluding carboxylic acids is 1. The predicted molar refractivity (Wildman–Crippen MR) is 97.7 cm³/mol. The zero-order valence-corrected chi connectivity index (χ0v) is 15.8. The van der Waals surface area contributed by atoms with Crippen LogP contribution >= 0.6 is 12.4 Å². The van der Waals surface area contributed by atoms with Gasteiger partial charge in [0.05, 0.1) is 11.3 Å². The van der Waals surface area contributed by atoms with Crippen LogP contribution in [0, 0.1) is 6.92 Å². The van der Waals surface area contributed by atoms with Crippen molar-refractivity contribution in [3.8, 4) is 5.69 Å². The Balaban J connectivity index is 0.00000364. The molecule has 0 aliphatic rings. The number of hydrogen-bond acceptors (Lipinski definition) is 4. The molecule has 0 aliphatic heterocycles. The average molecular weight is 405 g/mol. The van der Waals surface area contributed by atoms with E-state index in [0.717, 1.165) is 16.8 Å². The van der Waals surface area contributed by atoms with Crippen molar-refractivity contribution in [1.29, 1.82) is 0 Å². The summed E-state index contributed by atoms with van der Waals surface area (Å²) < 4.78 is 40.8. The second-order valence-corrected chi connectivity index (χ2v) is 5.76. The van der Waals surface area contributed by atoms with E-state index in [0.29, 0.717) is 13.1 Å². The van der Waals surface area contributed by atoms with E-state index in [1.807, 2.05) is 0 Å². The summed E-state index contributed by atoms with van der Waals surface area (Å²) in [5.74, 6) is -0.650. The molecular weight excluding hydrogens is 385 g/mol. The van der Waals surface area contributed by atoms with Gasteiger partial charge in [0.1, 0.15) is 0 Å². The van der Waals surface area contributed by atoms with Gasteiger partial charge in [0, 0.05) is 31.9 Å². The maximum Gasteiger partial charge on any atom is 0.418 e. The Morgan fingerprint density at radius 2 is 1.93 bits per heavy atom. The number of halogens is 4. The first kappa shape index (κ1) is 22.7. The number of carbonyl (C=O) groups is 1. The molecular formula is C17H20ClF3N4O2. The average Bonchev–Trinajstić information content (AvgIpc) is 2.58. The first-order chi connectivity index (χ1) is 12.2. The fourth-order valence-electron chi connectivity index (χ4n) is 2.40. The van der Waals surface area contributed by atoms with Crippen molar-refractivity contribution >= 4 is 18.3 Å². The number of nitrogens with one attached hydrogen (secondary N) is 1. The van der Waals surface area contributed by atoms with Gasteiger partial charge in [0.15, 0.2) is 5.69 Å². The Kier molecular flexibility index (Phi) is 7.55. The lowest BCUT2D eigenvalue weighted by Crippen LogP contribution is -2.37. The highest BCUT2D eigenvalue weighted by Gasteiger charge is 2.34. The van der Waals surface area contributed by atoms with E-state index in [2.05, 4.69) is 10.4 Å². The number of rotatable bonds is 5. The zero-order chi connectivity index (χ0) is 19.5. The number of likely N-dealkylation sites (N-methyl/N-ethyl adjacent to an activating group) is 2. The Bertz CT molecular complexity index is 868. The van der Waals surface area contributed by atoms with Gasteiger partial charge in [-0.15, -0.1) is 12.4 Å². The largest absolute Gasteiger partial charge is 0.418 e. The topological polar surface area (TPSA) is 67.2 Å². The molecule has 1 aromatic carbocycles. The summed E-state index contributed by atoms with van der Waals surface area (Å²) in [6.45, 7) is 2.28. The third kappa shape index (κ3) is 5.08. The van der Waals surface area contributed by atoms with Crippen molar-refractivity contribution in [3.05, 3.63) is 57.5 Å². The van der Waals surface area contributed by atoms with E-state index < -0.39 is 28.8 Å². The fraction of sp³-hybridized carbons (Fsp3) is 0.353. The minimum absolute atomic E-state index is 0. The van der Waals surface area contributed by atoms with Crippen molar-refractivity contribution < 1.29 is 18.0 Å². The van der Waals surface area contributed by atoms with E-state index in [1.54, 1.807) is 7.05 Å². The van der Waals surface area contributed by atoms with Gasteiger partial charge in [-0.25, -0.2) is 4.68 Å². The predicted octanol–water partition coefficient (Wildman–Crippen LogP) is 2.27. The van der Waals surface area contributed by atoms with Gasteiger partial charge >= 0.3 is 6.18 Å². The van der Waals surface area contributed by atoms with E-state index in [1.165, 1.54) is 37.1 Å². The molecule has 10 heteroatoms. The molecule has 0 saturated carbocycles. The van der Waals surface area contributed by atoms with Crippen LogP contribution in [0.25, 0.3) is 5.69 Å². The summed E-state index contributed by atoms with van der Waals surface area (Å²) in [5, 5.41) is 6.81. The van der Waals surface area contributed by atoms with Gasteiger partial charge in [0.2, 0.25) is 5.43 Å². The van der Waals surface area contributed by atoms with Crippen LogP contribution in [0.5, 0.6) is 0 Å². The smallest absolute Gasteiger partial charge is 0.339 e. The maximum atomic E-state index is 13.3. The van der Waals surface area contributed by atoms with Gasteiger partial charge in [-0.3, -0.25) is 9.59 Å². The number of amides is 1. The van der Waals surface area contributed by atoms with Crippen LogP contribution < -0.4 is 10.7 Å². The van der Waals surface area contributed by atoms with Crippen molar-refractivity contribution in [2.45, 2.75) is 13.1 Å². The standard InChI is InChI=1S/C17H19F3N4O2.ClH/c1-11-10-14(25)15(16(26)23(3)9-8-21-2)22-24(11)13-7-5-4-6-12(13)17(18,19)20;/h4-7,10,21H,8-9H2,1-3H3;1H. The van der Waals surface area contributed by atoms with Crippen LogP contribution in [-0.4, -0.2) is 47.8 Å². The van der Waals surface area contributed by atoms with Gasteiger partial charge in [0.25, 0.3) is 5.91 Å². The number of benzene rings is 1. The lowest BCUT2D eigenvalue weighted by atomic mass is 10.1. The number of para-hydroxylation sites is 1. The summed E-state index contributed by atoms with van der Waals surface area (Å²) in [7, 11) is 3.21. The number of nitrogens with zero attached hydrogens (tertiary/aromatic N) is 3. The molecule has 0 saturated heterocycles. The van der Waals surface area contributed by atoms with E-state index in [-0.39, 0.29) is 23.8 Å². The molecule has 0 bridgehead atoms. The minimum atomic E-state index is -4.60. The fourth-order valence-corrected chi connectivity index (χ4v) is 2.40. The second kappa shape index (κ2) is 9.01. The van der Waals surface area contributed by atoms with Crippen LogP contribution in [-0.2, 0) is 6.18 Å². The Morgan fingerprint density at radius 3 is 2.52 bits per heavy atom. The van der Waals surface area contributed by atoms with Gasteiger partial charge < -0.3 is 10.2 Å². The van der Waals surface area contributed by atoms with Crippen molar-refractivity contribution in [1.82, 2.24) is 20.0 Å². The van der Waals surface area contributed by atoms with E-state index in [9.17, 15) is 22.8 Å². The number of aryl methyl sites for hydroxylation is 1. The van der Waals surface area contributed by atoms with Crippen LogP contribution in [0.1, 0.15) is 21.7 Å². The third-order valence-electron chi connectivity index (χ3n) is 3.79. The normalized spacial score (nSPS) is 11.0. The molecule has 0 radical (unpaired) electrons. The second-order valence-electron chi connectivity index (χ2n) is 5.76. The van der Waals surface area contributed by atoms with Crippen LogP contribution in [0.15, 0.2) is 35.1 Å². The summed E-state index contributed by atoms with van der Waals surface area (Å²) in [4.78, 5) is 25.9. The Morgan fingerprint density at radius 1 is 1.30 bits per heavy atom. The number of alkyl halides is 3. The van der Waals surface area contributed by atoms with Gasteiger partial charge in [-0.1, -0.05) is 12.1 Å². The lowest BCUT2D eigenvalue weighted by Gasteiger charge is -2.19. The molecule has 2 aromatic rings. The SMILES string of the molecule is CNCCN(C)C(=O)c1nn(-c2ccccc2C(F)(F)F)c(C)cc1=O.Cl. The molecule has 1 heterocycles. The van der Waals surface area contributed by atoms with E-state index >= 15 is 0 Å². The number of hydrogen-bond donors (Lipinski definition) is 1. The summed E-state index contributed by atoms with van der Waals surface area (Å²) in [6, 6.07) is 5.98. The van der Waals surface area contributed by atoms with Crippen molar-refractivity contribution in [2.75, 3.05) is 27.2 Å². The molecule has 6 nitrogen and oxygen atoms in total. The first-order valence-corrected chi connectivity index (χ1v) is 7.84.